The fraction of sp³-hybridized carbons (Fsp3) is 0.462. The van der Waals surface area contributed by atoms with Crippen molar-refractivity contribution in [2.45, 2.75) is 51.2 Å². The highest BCUT2D eigenvalue weighted by atomic mass is 35.5. The molecule has 4 heterocycles. The number of aryl methyl sites for hydroxylation is 1. The van der Waals surface area contributed by atoms with Gasteiger partial charge in [0.15, 0.2) is 5.65 Å². The Morgan fingerprint density at radius 1 is 1.22 bits per heavy atom. The third kappa shape index (κ3) is 5.79. The summed E-state index contributed by atoms with van der Waals surface area (Å²) >= 11 is 7.73. The average molecular weight is 542 g/mol. The number of aromatic nitrogens is 3. The Bertz CT molecular complexity index is 1280. The smallest absolute Gasteiger partial charge is 0.256 e. The van der Waals surface area contributed by atoms with Crippen molar-refractivity contribution in [3.05, 3.63) is 52.3 Å². The van der Waals surface area contributed by atoms with E-state index in [0.717, 1.165) is 67.1 Å². The Hall–Kier alpha value is -3.00. The van der Waals surface area contributed by atoms with Crippen molar-refractivity contribution in [2.24, 2.45) is 0 Å². The number of β-amino-alcohol motifs (C(OH)–C–C–N with tert-alkyl or cyclic N) is 1. The van der Waals surface area contributed by atoms with Gasteiger partial charge in [-0.3, -0.25) is 4.79 Å². The number of amides is 1. The number of aliphatic hydroxyl groups is 1. The number of fused-ring (bicyclic) bond motifs is 1. The van der Waals surface area contributed by atoms with Crippen LogP contribution in [-0.2, 0) is 0 Å². The molecule has 2 saturated heterocycles. The summed E-state index contributed by atoms with van der Waals surface area (Å²) < 4.78 is 5.03. The molecule has 2 aromatic heterocycles. The summed E-state index contributed by atoms with van der Waals surface area (Å²) in [7, 11) is 0. The number of nitrogens with zero attached hydrogens (tertiary/aromatic N) is 6. The van der Waals surface area contributed by atoms with Gasteiger partial charge in [-0.1, -0.05) is 36.4 Å². The molecule has 1 aromatic carbocycles. The van der Waals surface area contributed by atoms with Gasteiger partial charge in [0, 0.05) is 55.3 Å². The molecule has 0 radical (unpaired) electrons. The zero-order valence-corrected chi connectivity index (χ0v) is 22.7. The summed E-state index contributed by atoms with van der Waals surface area (Å²) in [5.74, 6) is 0.852. The maximum Gasteiger partial charge on any atom is 0.256 e. The van der Waals surface area contributed by atoms with E-state index in [-0.39, 0.29) is 18.1 Å². The van der Waals surface area contributed by atoms with Gasteiger partial charge in [0.25, 0.3) is 5.91 Å². The standard InChI is InChI=1S/C25H31ClN6O2S.CHN/c1-16-14-32-23(27-24(16)30-11-9-18(33)15-30)13-21(28-32)22-6-4-3-5-10-31(22)25(34)19-12-17(26)7-8-20(19)29-35-2;1-2/h7-8,12-14,18,22,29,33H,3-6,9-11,15H2,1-2H3;1H. The third-order valence-electron chi connectivity index (χ3n) is 6.87. The van der Waals surface area contributed by atoms with Crippen LogP contribution < -0.4 is 9.62 Å². The second-order valence-corrected chi connectivity index (χ2v) is 10.4. The molecule has 0 bridgehead atoms. The molecule has 0 saturated carbocycles. The number of rotatable bonds is 5. The monoisotopic (exact) mass is 541 g/mol. The number of carbonyl (C=O) groups is 1. The molecule has 0 spiro atoms. The predicted molar refractivity (Wildman–Crippen MR) is 148 cm³/mol. The van der Waals surface area contributed by atoms with E-state index >= 15 is 0 Å². The average Bonchev–Trinajstić information content (AvgIpc) is 3.42. The maximum absolute atomic E-state index is 13.8. The summed E-state index contributed by atoms with van der Waals surface area (Å²) in [5, 5.41) is 21.9. The second-order valence-electron chi connectivity index (χ2n) is 9.37. The van der Waals surface area contributed by atoms with E-state index in [1.54, 1.807) is 12.1 Å². The van der Waals surface area contributed by atoms with Gasteiger partial charge in [-0.05, 0) is 44.4 Å². The van der Waals surface area contributed by atoms with Crippen LogP contribution in [0.1, 0.15) is 59.8 Å². The van der Waals surface area contributed by atoms with Crippen LogP contribution in [0.5, 0.6) is 0 Å². The lowest BCUT2D eigenvalue weighted by molar-refractivity contribution is 0.0678. The lowest BCUT2D eigenvalue weighted by Gasteiger charge is -2.29. The van der Waals surface area contributed by atoms with Gasteiger partial charge in [0.2, 0.25) is 0 Å². The first-order chi connectivity index (χ1) is 17.9. The Morgan fingerprint density at radius 2 is 2.03 bits per heavy atom. The Labute approximate surface area is 226 Å². The summed E-state index contributed by atoms with van der Waals surface area (Å²) in [4.78, 5) is 22.8. The highest BCUT2D eigenvalue weighted by molar-refractivity contribution is 7.99. The van der Waals surface area contributed by atoms with E-state index in [4.69, 9.17) is 26.9 Å². The minimum atomic E-state index is -0.310. The molecule has 1 amide bonds. The number of hydrogen-bond acceptors (Lipinski definition) is 8. The lowest BCUT2D eigenvalue weighted by atomic mass is 10.0. The zero-order valence-electron chi connectivity index (χ0n) is 21.1. The van der Waals surface area contributed by atoms with Crippen molar-refractivity contribution in [2.75, 3.05) is 35.5 Å². The number of aliphatic hydroxyl groups excluding tert-OH is 1. The minimum Gasteiger partial charge on any atom is -0.391 e. The zero-order chi connectivity index (χ0) is 26.5. The molecule has 0 aliphatic carbocycles. The highest BCUT2D eigenvalue weighted by Gasteiger charge is 2.31. The van der Waals surface area contributed by atoms with Gasteiger partial charge in [0.1, 0.15) is 5.82 Å². The van der Waals surface area contributed by atoms with Gasteiger partial charge < -0.3 is 19.6 Å². The lowest BCUT2D eigenvalue weighted by Crippen LogP contribution is -2.35. The van der Waals surface area contributed by atoms with Crippen molar-refractivity contribution in [3.8, 4) is 6.57 Å². The maximum atomic E-state index is 13.8. The summed E-state index contributed by atoms with van der Waals surface area (Å²) in [6, 6.07) is 7.27. The molecular weight excluding hydrogens is 510 g/mol. The van der Waals surface area contributed by atoms with Crippen molar-refractivity contribution in [1.82, 2.24) is 19.5 Å². The summed E-state index contributed by atoms with van der Waals surface area (Å²) in [6.45, 7) is 7.59. The van der Waals surface area contributed by atoms with Gasteiger partial charge in [0.05, 0.1) is 29.1 Å². The molecular formula is C26H32ClN7O2S. The number of carbonyl (C=O) groups excluding carboxylic acids is 1. The van der Waals surface area contributed by atoms with Gasteiger partial charge in [-0.15, -0.1) is 0 Å². The predicted octanol–water partition coefficient (Wildman–Crippen LogP) is 4.85. The minimum absolute atomic E-state index is 0.0381. The highest BCUT2D eigenvalue weighted by Crippen LogP contribution is 2.34. The number of nitrogens with one attached hydrogen (secondary N) is 1. The number of anilines is 2. The molecule has 5 rings (SSSR count). The molecule has 2 N–H and O–H groups in total. The summed E-state index contributed by atoms with van der Waals surface area (Å²) in [5.41, 5.74) is 3.96. The molecule has 11 heteroatoms. The van der Waals surface area contributed by atoms with Crippen LogP contribution in [0.15, 0.2) is 30.5 Å². The van der Waals surface area contributed by atoms with E-state index in [1.165, 1.54) is 11.9 Å². The van der Waals surface area contributed by atoms with Crippen LogP contribution in [-0.4, -0.2) is 62.5 Å². The molecule has 2 unspecified atom stereocenters. The van der Waals surface area contributed by atoms with Crippen molar-refractivity contribution >= 4 is 46.6 Å². The quantitative estimate of drug-likeness (QED) is 0.441. The Morgan fingerprint density at radius 3 is 2.76 bits per heavy atom. The molecule has 2 atom stereocenters. The van der Waals surface area contributed by atoms with Crippen molar-refractivity contribution in [3.63, 3.8) is 0 Å². The number of likely N-dealkylation sites (tertiary alicyclic amines) is 1. The van der Waals surface area contributed by atoms with E-state index in [9.17, 15) is 9.90 Å². The largest absolute Gasteiger partial charge is 0.391 e. The number of benzene rings is 1. The van der Waals surface area contributed by atoms with Gasteiger partial charge in [-0.2, -0.15) is 5.10 Å². The normalized spacial score (nSPS) is 19.8. The van der Waals surface area contributed by atoms with Crippen LogP contribution in [0.4, 0.5) is 11.5 Å². The van der Waals surface area contributed by atoms with E-state index in [0.29, 0.717) is 23.7 Å². The fourth-order valence-electron chi connectivity index (χ4n) is 5.14. The third-order valence-corrected chi connectivity index (χ3v) is 7.53. The molecule has 9 nitrogen and oxygen atoms in total. The second kappa shape index (κ2) is 12.0. The molecule has 37 heavy (non-hydrogen) atoms. The first-order valence-electron chi connectivity index (χ1n) is 12.4. The van der Waals surface area contributed by atoms with E-state index in [2.05, 4.69) is 16.2 Å². The SMILES string of the molecule is C#N.CSNc1ccc(Cl)cc1C(=O)N1CCCCCC1c1cc2nc(N3CCC(O)C3)c(C)cn2n1. The molecule has 2 aliphatic heterocycles. The van der Waals surface area contributed by atoms with E-state index in [1.807, 2.05) is 40.9 Å². The molecule has 2 aliphatic rings. The van der Waals surface area contributed by atoms with Crippen LogP contribution in [0.3, 0.4) is 0 Å². The van der Waals surface area contributed by atoms with Gasteiger partial charge >= 0.3 is 0 Å². The Balaban J connectivity index is 0.00000156. The summed E-state index contributed by atoms with van der Waals surface area (Å²) in [6.07, 6.45) is 8.30. The van der Waals surface area contributed by atoms with Crippen molar-refractivity contribution in [1.29, 1.82) is 5.26 Å². The van der Waals surface area contributed by atoms with Crippen LogP contribution in [0.25, 0.3) is 5.65 Å². The topological polar surface area (TPSA) is 110 Å². The first kappa shape index (κ1) is 27.0. The number of halogens is 1. The molecule has 196 valence electrons. The molecule has 2 fully saturated rings. The van der Waals surface area contributed by atoms with Crippen LogP contribution in [0, 0.1) is 18.8 Å². The fourth-order valence-corrected chi connectivity index (χ4v) is 5.71. The number of hydrogen-bond donors (Lipinski definition) is 2. The number of nitriles is 1. The van der Waals surface area contributed by atoms with Crippen LogP contribution >= 0.6 is 23.5 Å². The first-order valence-corrected chi connectivity index (χ1v) is 14.0. The Kier molecular flexibility index (Phi) is 8.79. The van der Waals surface area contributed by atoms with Crippen molar-refractivity contribution < 1.29 is 9.90 Å². The van der Waals surface area contributed by atoms with E-state index < -0.39 is 0 Å². The molecule has 3 aromatic rings. The van der Waals surface area contributed by atoms with Crippen LogP contribution in [0.2, 0.25) is 5.02 Å². The van der Waals surface area contributed by atoms with Gasteiger partial charge in [-0.25, -0.2) is 14.8 Å².